The number of carbonyl (C=O) groups excluding carboxylic acids is 2. The van der Waals surface area contributed by atoms with E-state index in [-0.39, 0.29) is 17.9 Å². The van der Waals surface area contributed by atoms with E-state index < -0.39 is 0 Å². The van der Waals surface area contributed by atoms with Crippen molar-refractivity contribution < 1.29 is 19.1 Å². The molecule has 142 valence electrons. The van der Waals surface area contributed by atoms with E-state index in [0.29, 0.717) is 22.9 Å². The molecule has 6 nitrogen and oxygen atoms in total. The summed E-state index contributed by atoms with van der Waals surface area (Å²) in [6, 6.07) is 12.4. The van der Waals surface area contributed by atoms with Crippen molar-refractivity contribution in [2.75, 3.05) is 17.7 Å². The Balaban J connectivity index is 2.05. The molecule has 0 unspecified atom stereocenters. The second kappa shape index (κ2) is 9.43. The number of amides is 2. The predicted molar refractivity (Wildman–Crippen MR) is 107 cm³/mol. The first-order chi connectivity index (χ1) is 12.9. The minimum absolute atomic E-state index is 0.0410. The number of hydrogen-bond donors (Lipinski definition) is 2. The number of benzene rings is 2. The quantitative estimate of drug-likeness (QED) is 0.722. The molecule has 6 heteroatoms. The molecule has 0 aromatic heterocycles. The molecule has 0 heterocycles. The maximum atomic E-state index is 12.1. The average molecular weight is 368 g/mol. The molecule has 0 aliphatic carbocycles. The van der Waals surface area contributed by atoms with Crippen LogP contribution in [0.4, 0.5) is 11.4 Å². The highest BCUT2D eigenvalue weighted by Crippen LogP contribution is 2.29. The Morgan fingerprint density at radius 1 is 1.00 bits per heavy atom. The molecule has 0 atom stereocenters. The Bertz CT molecular complexity index is 844. The lowest BCUT2D eigenvalue weighted by Gasteiger charge is -2.13. The van der Waals surface area contributed by atoms with Gasteiger partial charge in [-0.05, 0) is 55.8 Å². The smallest absolute Gasteiger partial charge is 0.248 e. The molecule has 2 aromatic carbocycles. The van der Waals surface area contributed by atoms with E-state index in [1.807, 2.05) is 26.0 Å². The van der Waals surface area contributed by atoms with Gasteiger partial charge in [-0.15, -0.1) is 0 Å². The summed E-state index contributed by atoms with van der Waals surface area (Å²) in [4.78, 5) is 23.3. The lowest BCUT2D eigenvalue weighted by Crippen LogP contribution is -2.09. The van der Waals surface area contributed by atoms with Crippen LogP contribution < -0.4 is 20.1 Å². The molecular formula is C21H24N2O4. The van der Waals surface area contributed by atoms with Crippen molar-refractivity contribution >= 4 is 29.3 Å². The van der Waals surface area contributed by atoms with Crippen LogP contribution in [0.5, 0.6) is 11.5 Å². The normalized spacial score (nSPS) is 10.7. The first-order valence-electron chi connectivity index (χ1n) is 8.59. The first-order valence-corrected chi connectivity index (χ1v) is 8.59. The minimum Gasteiger partial charge on any atom is -0.493 e. The lowest BCUT2D eigenvalue weighted by molar-refractivity contribution is -0.114. The van der Waals surface area contributed by atoms with Gasteiger partial charge in [0.2, 0.25) is 11.8 Å². The molecular weight excluding hydrogens is 344 g/mol. The molecule has 0 bridgehead atoms. The Labute approximate surface area is 159 Å². The summed E-state index contributed by atoms with van der Waals surface area (Å²) in [6.07, 6.45) is 3.16. The molecule has 0 radical (unpaired) electrons. The molecule has 2 aromatic rings. The number of rotatable bonds is 7. The van der Waals surface area contributed by atoms with E-state index in [1.165, 1.54) is 13.0 Å². The van der Waals surface area contributed by atoms with Gasteiger partial charge in [-0.25, -0.2) is 0 Å². The fraction of sp³-hybridized carbons (Fsp3) is 0.238. The van der Waals surface area contributed by atoms with Crippen molar-refractivity contribution in [1.29, 1.82) is 0 Å². The largest absolute Gasteiger partial charge is 0.493 e. The number of ether oxygens (including phenoxy) is 2. The molecule has 0 aliphatic rings. The fourth-order valence-corrected chi connectivity index (χ4v) is 2.37. The summed E-state index contributed by atoms with van der Waals surface area (Å²) in [6.45, 7) is 5.32. The summed E-state index contributed by atoms with van der Waals surface area (Å²) in [7, 11) is 1.57. The summed E-state index contributed by atoms with van der Waals surface area (Å²) in [5.41, 5.74) is 2.02. The summed E-state index contributed by atoms with van der Waals surface area (Å²) < 4.78 is 11.0. The molecule has 2 amide bonds. The number of hydrogen-bond acceptors (Lipinski definition) is 4. The molecule has 0 fully saturated rings. The summed E-state index contributed by atoms with van der Waals surface area (Å²) in [5.74, 6) is 0.812. The third kappa shape index (κ3) is 6.51. The molecule has 27 heavy (non-hydrogen) atoms. The molecule has 0 aliphatic heterocycles. The van der Waals surface area contributed by atoms with E-state index in [1.54, 1.807) is 43.5 Å². The highest BCUT2D eigenvalue weighted by Gasteiger charge is 2.07. The van der Waals surface area contributed by atoms with Gasteiger partial charge in [0.25, 0.3) is 0 Å². The molecule has 2 rings (SSSR count). The topological polar surface area (TPSA) is 76.7 Å². The third-order valence-electron chi connectivity index (χ3n) is 3.43. The van der Waals surface area contributed by atoms with E-state index in [9.17, 15) is 9.59 Å². The van der Waals surface area contributed by atoms with Crippen molar-refractivity contribution in [3.63, 3.8) is 0 Å². The van der Waals surface area contributed by atoms with Crippen LogP contribution in [0.2, 0.25) is 0 Å². The highest BCUT2D eigenvalue weighted by molar-refractivity contribution is 6.02. The van der Waals surface area contributed by atoms with Gasteiger partial charge in [-0.3, -0.25) is 9.59 Å². The van der Waals surface area contributed by atoms with Crippen LogP contribution >= 0.6 is 0 Å². The number of anilines is 2. The van der Waals surface area contributed by atoms with E-state index >= 15 is 0 Å². The van der Waals surface area contributed by atoms with Crippen LogP contribution in [0.25, 0.3) is 6.08 Å². The zero-order valence-electron chi connectivity index (χ0n) is 15.9. The number of nitrogens with one attached hydrogen (secondary N) is 2. The number of carbonyl (C=O) groups is 2. The van der Waals surface area contributed by atoms with Crippen LogP contribution in [0, 0.1) is 0 Å². The fourth-order valence-electron chi connectivity index (χ4n) is 2.37. The van der Waals surface area contributed by atoms with Gasteiger partial charge < -0.3 is 20.1 Å². The van der Waals surface area contributed by atoms with E-state index in [2.05, 4.69) is 10.6 Å². The van der Waals surface area contributed by atoms with Crippen molar-refractivity contribution in [2.45, 2.75) is 26.9 Å². The maximum Gasteiger partial charge on any atom is 0.248 e. The van der Waals surface area contributed by atoms with Gasteiger partial charge in [0.1, 0.15) is 0 Å². The van der Waals surface area contributed by atoms with Gasteiger partial charge in [0, 0.05) is 24.4 Å². The highest BCUT2D eigenvalue weighted by atomic mass is 16.5. The molecule has 0 saturated carbocycles. The Morgan fingerprint density at radius 3 is 2.33 bits per heavy atom. The van der Waals surface area contributed by atoms with Crippen molar-refractivity contribution in [2.24, 2.45) is 0 Å². The maximum absolute atomic E-state index is 12.1. The van der Waals surface area contributed by atoms with E-state index in [0.717, 1.165) is 5.56 Å². The summed E-state index contributed by atoms with van der Waals surface area (Å²) in [5, 5.41) is 5.43. The predicted octanol–water partition coefficient (Wildman–Crippen LogP) is 4.09. The second-order valence-electron chi connectivity index (χ2n) is 6.16. The Morgan fingerprint density at radius 2 is 1.70 bits per heavy atom. The van der Waals surface area contributed by atoms with Crippen molar-refractivity contribution in [1.82, 2.24) is 0 Å². The van der Waals surface area contributed by atoms with Crippen LogP contribution in [0.3, 0.4) is 0 Å². The van der Waals surface area contributed by atoms with Crippen LogP contribution in [-0.4, -0.2) is 25.0 Å². The zero-order valence-corrected chi connectivity index (χ0v) is 15.9. The van der Waals surface area contributed by atoms with Crippen molar-refractivity contribution in [3.05, 3.63) is 54.1 Å². The van der Waals surface area contributed by atoms with E-state index in [4.69, 9.17) is 9.47 Å². The second-order valence-corrected chi connectivity index (χ2v) is 6.16. The molecule has 0 spiro atoms. The van der Waals surface area contributed by atoms with Gasteiger partial charge in [0.05, 0.1) is 13.2 Å². The van der Waals surface area contributed by atoms with Crippen LogP contribution in [-0.2, 0) is 9.59 Å². The van der Waals surface area contributed by atoms with Crippen LogP contribution in [0.1, 0.15) is 26.3 Å². The standard InChI is InChI=1S/C21H24N2O4/c1-14(2)27-19-10-8-16(12-20(19)26-4)9-11-21(25)23-18-7-5-6-17(13-18)22-15(3)24/h5-14H,1-4H3,(H,22,24)(H,23,25). The molecule has 0 saturated heterocycles. The summed E-state index contributed by atoms with van der Waals surface area (Å²) >= 11 is 0. The van der Waals surface area contributed by atoms with Gasteiger partial charge in [-0.2, -0.15) is 0 Å². The average Bonchev–Trinajstić information content (AvgIpc) is 2.60. The lowest BCUT2D eigenvalue weighted by atomic mass is 10.2. The van der Waals surface area contributed by atoms with Crippen molar-refractivity contribution in [3.8, 4) is 11.5 Å². The van der Waals surface area contributed by atoms with Crippen LogP contribution in [0.15, 0.2) is 48.5 Å². The minimum atomic E-state index is -0.281. The van der Waals surface area contributed by atoms with Gasteiger partial charge in [0.15, 0.2) is 11.5 Å². The zero-order chi connectivity index (χ0) is 19.8. The Kier molecular flexibility index (Phi) is 7.00. The number of methoxy groups -OCH3 is 1. The molecule has 2 N–H and O–H groups in total. The Hall–Kier alpha value is -3.28. The SMILES string of the molecule is COc1cc(C=CC(=O)Nc2cccc(NC(C)=O)c2)ccc1OC(C)C. The monoisotopic (exact) mass is 368 g/mol. The first kappa shape index (κ1) is 20.0. The third-order valence-corrected chi connectivity index (χ3v) is 3.43. The van der Waals surface area contributed by atoms with Gasteiger partial charge >= 0.3 is 0 Å². The van der Waals surface area contributed by atoms with Gasteiger partial charge in [-0.1, -0.05) is 12.1 Å².